The van der Waals surface area contributed by atoms with Crippen LogP contribution in [0, 0.1) is 11.3 Å². The van der Waals surface area contributed by atoms with Crippen LogP contribution in [0.25, 0.3) is 0 Å². The summed E-state index contributed by atoms with van der Waals surface area (Å²) in [4.78, 5) is 0. The van der Waals surface area contributed by atoms with Gasteiger partial charge in [0.15, 0.2) is 0 Å². The average Bonchev–Trinajstić information content (AvgIpc) is 1.68. The van der Waals surface area contributed by atoms with E-state index in [1.54, 1.807) is 0 Å². The van der Waals surface area contributed by atoms with Gasteiger partial charge in [-0.3, -0.25) is 0 Å². The number of hydrogen-bond acceptors (Lipinski definition) is 2. The molecule has 0 rings (SSSR count). The summed E-state index contributed by atoms with van der Waals surface area (Å²) >= 11 is 0. The summed E-state index contributed by atoms with van der Waals surface area (Å²) in [5, 5.41) is 8.09. The first-order chi connectivity index (χ1) is 3.31. The fraction of sp³-hybridized carbons (Fsp3) is 0.800. The molecule has 0 saturated carbocycles. The zero-order chi connectivity index (χ0) is 5.70. The number of nitriles is 1. The van der Waals surface area contributed by atoms with Crippen LogP contribution in [0.1, 0.15) is 19.8 Å². The number of nitrogens with two attached hydrogens (primary N) is 1. The molecule has 0 aliphatic rings. The lowest BCUT2D eigenvalue weighted by atomic mass is 10.2. The lowest BCUT2D eigenvalue weighted by Gasteiger charge is -1.93. The van der Waals surface area contributed by atoms with E-state index in [0.717, 1.165) is 12.8 Å². The summed E-state index contributed by atoms with van der Waals surface area (Å²) in [5.41, 5.74) is 5.22. The van der Waals surface area contributed by atoms with Crippen molar-refractivity contribution in [2.75, 3.05) is 0 Å². The third-order valence-corrected chi connectivity index (χ3v) is 0.766. The predicted molar refractivity (Wildman–Crippen MR) is 28.5 cm³/mol. The lowest BCUT2D eigenvalue weighted by Crippen LogP contribution is -2.15. The minimum absolute atomic E-state index is 0.245. The Labute approximate surface area is 43.9 Å². The van der Waals surface area contributed by atoms with Crippen LogP contribution in [0.5, 0.6) is 0 Å². The molecule has 0 aromatic carbocycles. The van der Waals surface area contributed by atoms with Gasteiger partial charge in [0.05, 0.1) is 12.1 Å². The number of nitrogens with zero attached hydrogens (tertiary/aromatic N) is 1. The first-order valence-electron chi connectivity index (χ1n) is 2.46. The van der Waals surface area contributed by atoms with Gasteiger partial charge in [-0.1, -0.05) is 13.3 Å². The Morgan fingerprint density at radius 3 is 2.57 bits per heavy atom. The molecule has 0 aromatic rings. The monoisotopic (exact) mass is 98.1 g/mol. The molecule has 2 N–H and O–H groups in total. The first-order valence-corrected chi connectivity index (χ1v) is 2.46. The van der Waals surface area contributed by atoms with Crippen molar-refractivity contribution in [1.82, 2.24) is 0 Å². The number of hydrogen-bond donors (Lipinski definition) is 1. The molecule has 40 valence electrons. The van der Waals surface area contributed by atoms with E-state index in [-0.39, 0.29) is 6.04 Å². The van der Waals surface area contributed by atoms with E-state index in [1.165, 1.54) is 0 Å². The Bertz CT molecular complexity index is 72.6. The predicted octanol–water partition coefficient (Wildman–Crippen LogP) is 0.637. The summed E-state index contributed by atoms with van der Waals surface area (Å²) in [5.74, 6) is 0. The van der Waals surface area contributed by atoms with Crippen LogP contribution in [-0.2, 0) is 0 Å². The summed E-state index contributed by atoms with van der Waals surface area (Å²) in [7, 11) is 0. The van der Waals surface area contributed by atoms with E-state index in [0.29, 0.717) is 0 Å². The Hall–Kier alpha value is -0.550. The van der Waals surface area contributed by atoms with Crippen molar-refractivity contribution < 1.29 is 0 Å². The minimum atomic E-state index is -0.245. The van der Waals surface area contributed by atoms with Crippen LogP contribution in [0.15, 0.2) is 0 Å². The molecular weight excluding hydrogens is 88.1 g/mol. The van der Waals surface area contributed by atoms with Gasteiger partial charge in [0.1, 0.15) is 0 Å². The molecule has 0 fully saturated rings. The van der Waals surface area contributed by atoms with Gasteiger partial charge in [0.2, 0.25) is 0 Å². The summed E-state index contributed by atoms with van der Waals surface area (Å²) in [6.07, 6.45) is 1.81. The Balaban J connectivity index is 3.04. The van der Waals surface area contributed by atoms with Gasteiger partial charge in [-0.2, -0.15) is 5.26 Å². The highest BCUT2D eigenvalue weighted by Crippen LogP contribution is 1.88. The van der Waals surface area contributed by atoms with Crippen molar-refractivity contribution in [2.45, 2.75) is 25.8 Å². The standard InChI is InChI=1S/C5H10N2/c1-2-3-5(7)4-6/h5H,2-3,7H2,1H3/t5-/m0/s1. The second kappa shape index (κ2) is 3.63. The summed E-state index contributed by atoms with van der Waals surface area (Å²) in [6, 6.07) is 1.70. The van der Waals surface area contributed by atoms with E-state index >= 15 is 0 Å². The third-order valence-electron chi connectivity index (χ3n) is 0.766. The molecular formula is C5H10N2. The minimum Gasteiger partial charge on any atom is -0.316 e. The highest BCUT2D eigenvalue weighted by molar-refractivity contribution is 4.85. The van der Waals surface area contributed by atoms with E-state index in [9.17, 15) is 0 Å². The van der Waals surface area contributed by atoms with Gasteiger partial charge < -0.3 is 5.73 Å². The third kappa shape index (κ3) is 3.28. The molecule has 1 atom stereocenters. The molecule has 0 bridgehead atoms. The molecule has 2 heteroatoms. The van der Waals surface area contributed by atoms with Crippen LogP contribution in [0.2, 0.25) is 0 Å². The highest BCUT2D eigenvalue weighted by Gasteiger charge is 1.92. The van der Waals surface area contributed by atoms with Crippen molar-refractivity contribution in [2.24, 2.45) is 5.73 Å². The smallest absolute Gasteiger partial charge is 0.0927 e. The SMILES string of the molecule is CCC[C@H](N)C#N. The zero-order valence-corrected chi connectivity index (χ0v) is 4.52. The second-order valence-electron chi connectivity index (χ2n) is 1.52. The van der Waals surface area contributed by atoms with E-state index in [4.69, 9.17) is 11.0 Å². The molecule has 0 aliphatic carbocycles. The lowest BCUT2D eigenvalue weighted by molar-refractivity contribution is 0.713. The summed E-state index contributed by atoms with van der Waals surface area (Å²) < 4.78 is 0. The fourth-order valence-electron chi connectivity index (χ4n) is 0.376. The fourth-order valence-corrected chi connectivity index (χ4v) is 0.376. The van der Waals surface area contributed by atoms with Crippen LogP contribution >= 0.6 is 0 Å². The maximum atomic E-state index is 8.09. The largest absolute Gasteiger partial charge is 0.316 e. The Kier molecular flexibility index (Phi) is 3.35. The van der Waals surface area contributed by atoms with Crippen molar-refractivity contribution in [3.63, 3.8) is 0 Å². The molecule has 0 radical (unpaired) electrons. The Morgan fingerprint density at radius 1 is 1.86 bits per heavy atom. The Morgan fingerprint density at radius 2 is 2.43 bits per heavy atom. The maximum absolute atomic E-state index is 8.09. The van der Waals surface area contributed by atoms with Crippen molar-refractivity contribution in [3.8, 4) is 6.07 Å². The van der Waals surface area contributed by atoms with E-state index < -0.39 is 0 Å². The topological polar surface area (TPSA) is 49.8 Å². The van der Waals surface area contributed by atoms with Crippen LogP contribution < -0.4 is 5.73 Å². The molecule has 0 aliphatic heterocycles. The normalized spacial score (nSPS) is 12.7. The molecule has 0 spiro atoms. The van der Waals surface area contributed by atoms with Crippen LogP contribution in [-0.4, -0.2) is 6.04 Å². The van der Waals surface area contributed by atoms with E-state index in [2.05, 4.69) is 0 Å². The van der Waals surface area contributed by atoms with Crippen molar-refractivity contribution in [1.29, 1.82) is 5.26 Å². The molecule has 0 unspecified atom stereocenters. The van der Waals surface area contributed by atoms with Gasteiger partial charge in [0.25, 0.3) is 0 Å². The van der Waals surface area contributed by atoms with Gasteiger partial charge in [-0.25, -0.2) is 0 Å². The molecule has 0 heterocycles. The van der Waals surface area contributed by atoms with Crippen LogP contribution in [0.4, 0.5) is 0 Å². The molecule has 0 aromatic heterocycles. The van der Waals surface area contributed by atoms with Gasteiger partial charge in [0, 0.05) is 0 Å². The van der Waals surface area contributed by atoms with Gasteiger partial charge >= 0.3 is 0 Å². The van der Waals surface area contributed by atoms with Gasteiger partial charge in [-0.05, 0) is 6.42 Å². The highest BCUT2D eigenvalue weighted by atomic mass is 14.6. The number of rotatable bonds is 2. The zero-order valence-electron chi connectivity index (χ0n) is 4.52. The van der Waals surface area contributed by atoms with E-state index in [1.807, 2.05) is 13.0 Å². The maximum Gasteiger partial charge on any atom is 0.0927 e. The van der Waals surface area contributed by atoms with Gasteiger partial charge in [-0.15, -0.1) is 0 Å². The van der Waals surface area contributed by atoms with Crippen molar-refractivity contribution >= 4 is 0 Å². The second-order valence-corrected chi connectivity index (χ2v) is 1.52. The van der Waals surface area contributed by atoms with Crippen molar-refractivity contribution in [3.05, 3.63) is 0 Å². The molecule has 0 amide bonds. The molecule has 0 saturated heterocycles. The first kappa shape index (κ1) is 6.45. The quantitative estimate of drug-likeness (QED) is 0.551. The van der Waals surface area contributed by atoms with Crippen LogP contribution in [0.3, 0.4) is 0 Å². The average molecular weight is 98.1 g/mol. The molecule has 2 nitrogen and oxygen atoms in total. The summed E-state index contributed by atoms with van der Waals surface area (Å²) in [6.45, 7) is 2.01. The molecule has 7 heavy (non-hydrogen) atoms.